The molecule has 23 heavy (non-hydrogen) atoms. The number of hydrogen-bond acceptors (Lipinski definition) is 4. The van der Waals surface area contributed by atoms with E-state index in [2.05, 4.69) is 15.6 Å². The first kappa shape index (κ1) is 16.0. The summed E-state index contributed by atoms with van der Waals surface area (Å²) >= 11 is 0. The third-order valence-corrected chi connectivity index (χ3v) is 4.29. The molecule has 7 heteroatoms. The van der Waals surface area contributed by atoms with E-state index in [1.54, 1.807) is 0 Å². The molecule has 126 valence electrons. The molecule has 2 amide bonds. The number of likely N-dealkylation sites (N-methyl/N-ethyl adjacent to an activating group) is 1. The Bertz CT molecular complexity index is 604. The molecule has 0 radical (unpaired) electrons. The summed E-state index contributed by atoms with van der Waals surface area (Å²) in [5.74, 6) is 0.0651. The minimum atomic E-state index is -0.178. The number of carbonyl (C=O) groups is 2. The Morgan fingerprint density at radius 2 is 2.04 bits per heavy atom. The van der Waals surface area contributed by atoms with Crippen LogP contribution >= 0.6 is 0 Å². The number of imidazole rings is 1. The molecule has 2 aliphatic rings. The summed E-state index contributed by atoms with van der Waals surface area (Å²) in [6, 6.07) is 0.288. The van der Waals surface area contributed by atoms with E-state index in [0.717, 1.165) is 50.9 Å². The Morgan fingerprint density at radius 1 is 1.26 bits per heavy atom. The quantitative estimate of drug-likeness (QED) is 0.796. The third kappa shape index (κ3) is 3.72. The van der Waals surface area contributed by atoms with Crippen molar-refractivity contribution in [3.05, 3.63) is 17.2 Å². The molecule has 1 aliphatic heterocycles. The van der Waals surface area contributed by atoms with Crippen molar-refractivity contribution in [2.24, 2.45) is 0 Å². The van der Waals surface area contributed by atoms with Gasteiger partial charge in [-0.05, 0) is 46.2 Å². The molecule has 0 unspecified atom stereocenters. The Hall–Kier alpha value is -1.89. The zero-order chi connectivity index (χ0) is 16.4. The van der Waals surface area contributed by atoms with Crippen molar-refractivity contribution in [1.29, 1.82) is 0 Å². The number of rotatable bonds is 6. The van der Waals surface area contributed by atoms with E-state index in [1.165, 1.54) is 0 Å². The number of fused-ring (bicyclic) bond motifs is 1. The highest BCUT2D eigenvalue weighted by molar-refractivity contribution is 5.97. The first-order chi connectivity index (χ1) is 11.1. The number of amides is 2. The molecular weight excluding hydrogens is 294 g/mol. The maximum absolute atomic E-state index is 12.4. The van der Waals surface area contributed by atoms with Gasteiger partial charge in [-0.25, -0.2) is 4.98 Å². The standard InChI is InChI=1S/C16H25N5O2/c1-20(2)10-8-17-15(22)13-12-5-3-4-9-21(12)14(19-13)16(23)18-11-6-7-11/h11H,3-10H2,1-2H3,(H,17,22)(H,18,23). The van der Waals surface area contributed by atoms with Gasteiger partial charge in [0.2, 0.25) is 0 Å². The average Bonchev–Trinajstić information content (AvgIpc) is 3.24. The smallest absolute Gasteiger partial charge is 0.287 e. The SMILES string of the molecule is CN(C)CCNC(=O)c1nc(C(=O)NC2CC2)n2c1CCCC2. The fourth-order valence-corrected chi connectivity index (χ4v) is 2.85. The van der Waals surface area contributed by atoms with Crippen LogP contribution in [0.5, 0.6) is 0 Å². The minimum Gasteiger partial charge on any atom is -0.349 e. The second-order valence-electron chi connectivity index (χ2n) is 6.65. The van der Waals surface area contributed by atoms with Crippen LogP contribution in [0.2, 0.25) is 0 Å². The van der Waals surface area contributed by atoms with E-state index in [-0.39, 0.29) is 17.9 Å². The van der Waals surface area contributed by atoms with Gasteiger partial charge in [-0.2, -0.15) is 0 Å². The molecule has 2 N–H and O–H groups in total. The normalized spacial score (nSPS) is 17.0. The Kier molecular flexibility index (Phi) is 4.66. The van der Waals surface area contributed by atoms with Crippen LogP contribution in [-0.2, 0) is 13.0 Å². The first-order valence-electron chi connectivity index (χ1n) is 8.39. The van der Waals surface area contributed by atoms with Crippen LogP contribution in [0.1, 0.15) is 52.5 Å². The van der Waals surface area contributed by atoms with E-state index in [1.807, 2.05) is 23.6 Å². The van der Waals surface area contributed by atoms with Crippen LogP contribution < -0.4 is 10.6 Å². The van der Waals surface area contributed by atoms with Crippen molar-refractivity contribution in [3.63, 3.8) is 0 Å². The average molecular weight is 319 g/mol. The molecule has 2 heterocycles. The second kappa shape index (κ2) is 6.70. The number of aromatic nitrogens is 2. The van der Waals surface area contributed by atoms with Gasteiger partial charge < -0.3 is 20.1 Å². The number of carbonyl (C=O) groups excluding carboxylic acids is 2. The predicted octanol–water partition coefficient (Wildman–Crippen LogP) is 0.403. The van der Waals surface area contributed by atoms with Crippen molar-refractivity contribution in [2.45, 2.75) is 44.7 Å². The van der Waals surface area contributed by atoms with E-state index < -0.39 is 0 Å². The highest BCUT2D eigenvalue weighted by Crippen LogP contribution is 2.23. The molecule has 1 aliphatic carbocycles. The monoisotopic (exact) mass is 319 g/mol. The molecule has 3 rings (SSSR count). The largest absolute Gasteiger partial charge is 0.349 e. The van der Waals surface area contributed by atoms with Crippen molar-refractivity contribution in [3.8, 4) is 0 Å². The lowest BCUT2D eigenvalue weighted by molar-refractivity contribution is 0.0935. The van der Waals surface area contributed by atoms with Gasteiger partial charge in [0.25, 0.3) is 11.8 Å². The topological polar surface area (TPSA) is 79.3 Å². The zero-order valence-corrected chi connectivity index (χ0v) is 13.9. The van der Waals surface area contributed by atoms with Crippen molar-refractivity contribution < 1.29 is 9.59 Å². The summed E-state index contributed by atoms with van der Waals surface area (Å²) in [5.41, 5.74) is 1.32. The van der Waals surface area contributed by atoms with E-state index in [4.69, 9.17) is 0 Å². The summed E-state index contributed by atoms with van der Waals surface area (Å²) in [6.45, 7) is 2.11. The maximum Gasteiger partial charge on any atom is 0.287 e. The molecule has 1 aromatic rings. The fourth-order valence-electron chi connectivity index (χ4n) is 2.85. The van der Waals surface area contributed by atoms with E-state index in [9.17, 15) is 9.59 Å². The lowest BCUT2D eigenvalue weighted by Gasteiger charge is -2.17. The van der Waals surface area contributed by atoms with Crippen molar-refractivity contribution in [2.75, 3.05) is 27.2 Å². The predicted molar refractivity (Wildman–Crippen MR) is 86.5 cm³/mol. The zero-order valence-electron chi connectivity index (χ0n) is 13.9. The Balaban J connectivity index is 1.77. The molecule has 1 aromatic heterocycles. The molecule has 1 fully saturated rings. The molecule has 7 nitrogen and oxygen atoms in total. The molecule has 0 saturated heterocycles. The summed E-state index contributed by atoms with van der Waals surface area (Å²) in [7, 11) is 3.93. The number of nitrogens with zero attached hydrogens (tertiary/aromatic N) is 3. The van der Waals surface area contributed by atoms with Gasteiger partial charge in [0.15, 0.2) is 5.82 Å². The lowest BCUT2D eigenvalue weighted by Crippen LogP contribution is -2.32. The Labute approximate surface area is 136 Å². The van der Waals surface area contributed by atoms with Gasteiger partial charge in [0.05, 0.1) is 5.69 Å². The minimum absolute atomic E-state index is 0.150. The van der Waals surface area contributed by atoms with Crippen LogP contribution in [-0.4, -0.2) is 59.5 Å². The summed E-state index contributed by atoms with van der Waals surface area (Å²) in [5, 5.41) is 5.87. The van der Waals surface area contributed by atoms with E-state index in [0.29, 0.717) is 18.1 Å². The third-order valence-electron chi connectivity index (χ3n) is 4.29. The van der Waals surface area contributed by atoms with Gasteiger partial charge in [0, 0.05) is 25.7 Å². The summed E-state index contributed by atoms with van der Waals surface area (Å²) in [4.78, 5) is 31.2. The van der Waals surface area contributed by atoms with Gasteiger partial charge in [0.1, 0.15) is 5.69 Å². The molecule has 0 spiro atoms. The highest BCUT2D eigenvalue weighted by Gasteiger charge is 2.30. The molecule has 0 atom stereocenters. The van der Waals surface area contributed by atoms with Crippen LogP contribution in [0, 0.1) is 0 Å². The number of nitrogens with one attached hydrogen (secondary N) is 2. The van der Waals surface area contributed by atoms with Gasteiger partial charge >= 0.3 is 0 Å². The summed E-state index contributed by atoms with van der Waals surface area (Å²) < 4.78 is 1.93. The Morgan fingerprint density at radius 3 is 2.74 bits per heavy atom. The molecular formula is C16H25N5O2. The maximum atomic E-state index is 12.4. The highest BCUT2D eigenvalue weighted by atomic mass is 16.2. The van der Waals surface area contributed by atoms with Gasteiger partial charge in [-0.15, -0.1) is 0 Å². The number of hydrogen-bond donors (Lipinski definition) is 2. The van der Waals surface area contributed by atoms with E-state index >= 15 is 0 Å². The van der Waals surface area contributed by atoms with Crippen LogP contribution in [0.4, 0.5) is 0 Å². The first-order valence-corrected chi connectivity index (χ1v) is 8.39. The summed E-state index contributed by atoms with van der Waals surface area (Å²) in [6.07, 6.45) is 4.94. The molecule has 0 aromatic carbocycles. The molecule has 0 bridgehead atoms. The van der Waals surface area contributed by atoms with Gasteiger partial charge in [-0.3, -0.25) is 9.59 Å². The van der Waals surface area contributed by atoms with Gasteiger partial charge in [-0.1, -0.05) is 0 Å². The van der Waals surface area contributed by atoms with Crippen molar-refractivity contribution in [1.82, 2.24) is 25.1 Å². The van der Waals surface area contributed by atoms with Crippen molar-refractivity contribution >= 4 is 11.8 Å². The van der Waals surface area contributed by atoms with Crippen LogP contribution in [0.15, 0.2) is 0 Å². The fraction of sp³-hybridized carbons (Fsp3) is 0.688. The van der Waals surface area contributed by atoms with Crippen LogP contribution in [0.3, 0.4) is 0 Å². The van der Waals surface area contributed by atoms with Crippen LogP contribution in [0.25, 0.3) is 0 Å². The lowest BCUT2D eigenvalue weighted by atomic mass is 10.1. The second-order valence-corrected chi connectivity index (χ2v) is 6.65. The molecule has 1 saturated carbocycles.